The summed E-state index contributed by atoms with van der Waals surface area (Å²) >= 11 is 0. The van der Waals surface area contributed by atoms with Crippen molar-refractivity contribution in [2.45, 2.75) is 6.61 Å². The van der Waals surface area contributed by atoms with Gasteiger partial charge in [-0.3, -0.25) is 0 Å². The third-order valence-corrected chi connectivity index (χ3v) is 1.29. The summed E-state index contributed by atoms with van der Waals surface area (Å²) in [6.45, 7) is 0.00136. The molecule has 0 saturated heterocycles. The van der Waals surface area contributed by atoms with Crippen LogP contribution < -0.4 is 4.65 Å². The SMILES string of the molecule is O=BOc1ccc(CO)cc1. The minimum atomic E-state index is 0.00136. The molecule has 0 amide bonds. The summed E-state index contributed by atoms with van der Waals surface area (Å²) in [5, 5.41) is 8.65. The van der Waals surface area contributed by atoms with E-state index in [2.05, 4.69) is 4.65 Å². The standard InChI is InChI=1S/C7H7BO3/c9-5-6-1-3-7(4-2-6)11-8-10/h1-4,9H,5H2. The van der Waals surface area contributed by atoms with Gasteiger partial charge < -0.3 is 0 Å². The Morgan fingerprint density at radius 1 is 1.36 bits per heavy atom. The number of rotatable bonds is 3. The molecule has 0 heterocycles. The summed E-state index contributed by atoms with van der Waals surface area (Å²) < 4.78 is 14.4. The van der Waals surface area contributed by atoms with Gasteiger partial charge in [0.2, 0.25) is 0 Å². The first-order chi connectivity index (χ1) is 5.36. The average molecular weight is 150 g/mol. The fraction of sp³-hybridized carbons (Fsp3) is 0.143. The Labute approximate surface area is 64.9 Å². The Balaban J connectivity index is 2.74. The molecule has 0 radical (unpaired) electrons. The van der Waals surface area contributed by atoms with Crippen LogP contribution in [0.25, 0.3) is 0 Å². The van der Waals surface area contributed by atoms with Crippen LogP contribution in [0.1, 0.15) is 5.56 Å². The molecular weight excluding hydrogens is 143 g/mol. The minimum absolute atomic E-state index is 0.00136. The molecule has 0 aliphatic heterocycles. The van der Waals surface area contributed by atoms with Crippen molar-refractivity contribution in [3.63, 3.8) is 0 Å². The van der Waals surface area contributed by atoms with Gasteiger partial charge in [-0.2, -0.15) is 0 Å². The van der Waals surface area contributed by atoms with Gasteiger partial charge in [0.15, 0.2) is 0 Å². The van der Waals surface area contributed by atoms with Crippen LogP contribution in [0.2, 0.25) is 0 Å². The van der Waals surface area contributed by atoms with Crippen LogP contribution in [0.5, 0.6) is 5.75 Å². The maximum atomic E-state index is 9.86. The van der Waals surface area contributed by atoms with Crippen LogP contribution in [0.15, 0.2) is 24.3 Å². The summed E-state index contributed by atoms with van der Waals surface area (Å²) in [6, 6.07) is 6.64. The van der Waals surface area contributed by atoms with Crippen molar-refractivity contribution in [2.24, 2.45) is 0 Å². The second-order valence-electron chi connectivity index (χ2n) is 2.02. The number of benzene rings is 1. The molecule has 1 N–H and O–H groups in total. The molecular formula is C7H7BO3. The molecule has 1 aromatic carbocycles. The predicted octanol–water partition coefficient (Wildman–Crippen LogP) is 0.522. The van der Waals surface area contributed by atoms with Crippen molar-refractivity contribution in [3.05, 3.63) is 29.8 Å². The molecule has 1 aromatic rings. The maximum absolute atomic E-state index is 9.86. The molecule has 4 heteroatoms. The topological polar surface area (TPSA) is 46.5 Å². The molecule has 0 unspecified atom stereocenters. The van der Waals surface area contributed by atoms with Gasteiger partial charge in [0.25, 0.3) is 0 Å². The third kappa shape index (κ3) is 2.16. The average Bonchev–Trinajstić information content (AvgIpc) is 2.07. The molecule has 0 fully saturated rings. The number of hydrogen-bond acceptors (Lipinski definition) is 3. The van der Waals surface area contributed by atoms with Crippen LogP contribution in [0, 0.1) is 0 Å². The molecule has 0 aromatic heterocycles. The molecule has 11 heavy (non-hydrogen) atoms. The van der Waals surface area contributed by atoms with Crippen molar-refractivity contribution in [1.82, 2.24) is 0 Å². The van der Waals surface area contributed by atoms with E-state index >= 15 is 0 Å². The van der Waals surface area contributed by atoms with Crippen LogP contribution >= 0.6 is 0 Å². The predicted molar refractivity (Wildman–Crippen MR) is 39.4 cm³/mol. The molecule has 56 valence electrons. The summed E-state index contributed by atoms with van der Waals surface area (Å²) in [4.78, 5) is 0. The zero-order valence-corrected chi connectivity index (χ0v) is 5.86. The Morgan fingerprint density at radius 2 is 2.00 bits per heavy atom. The molecule has 0 saturated carbocycles. The molecule has 0 spiro atoms. The summed E-state index contributed by atoms with van der Waals surface area (Å²) in [7, 11) is 0.369. The van der Waals surface area contributed by atoms with Crippen LogP contribution in [-0.4, -0.2) is 12.5 Å². The van der Waals surface area contributed by atoms with E-state index in [4.69, 9.17) is 5.11 Å². The Bertz CT molecular complexity index is 232. The van der Waals surface area contributed by atoms with Gasteiger partial charge in [0.05, 0.1) is 0 Å². The summed E-state index contributed by atoms with van der Waals surface area (Å²) in [5.41, 5.74) is 0.795. The second kappa shape index (κ2) is 3.88. The van der Waals surface area contributed by atoms with E-state index < -0.39 is 0 Å². The number of aliphatic hydroxyl groups excluding tert-OH is 1. The zero-order valence-electron chi connectivity index (χ0n) is 5.86. The third-order valence-electron chi connectivity index (χ3n) is 1.29. The quantitative estimate of drug-likeness (QED) is 0.638. The fourth-order valence-corrected chi connectivity index (χ4v) is 0.729. The van der Waals surface area contributed by atoms with E-state index in [1.54, 1.807) is 24.3 Å². The molecule has 0 aliphatic rings. The second-order valence-corrected chi connectivity index (χ2v) is 2.02. The van der Waals surface area contributed by atoms with Gasteiger partial charge in [-0.15, -0.1) is 0 Å². The van der Waals surface area contributed by atoms with Crippen LogP contribution in [-0.2, 0) is 11.3 Å². The van der Waals surface area contributed by atoms with Crippen molar-refractivity contribution in [3.8, 4) is 5.75 Å². The Morgan fingerprint density at radius 3 is 2.45 bits per heavy atom. The molecule has 0 aliphatic carbocycles. The van der Waals surface area contributed by atoms with Crippen molar-refractivity contribution >= 4 is 7.35 Å². The Kier molecular flexibility index (Phi) is 2.80. The van der Waals surface area contributed by atoms with Crippen molar-refractivity contribution in [2.75, 3.05) is 0 Å². The molecule has 0 atom stereocenters. The van der Waals surface area contributed by atoms with Crippen LogP contribution in [0.4, 0.5) is 0 Å². The monoisotopic (exact) mass is 150 g/mol. The van der Waals surface area contributed by atoms with Gasteiger partial charge in [-0.25, -0.2) is 0 Å². The van der Waals surface area contributed by atoms with Gasteiger partial charge >= 0.3 is 64.0 Å². The first-order valence-electron chi connectivity index (χ1n) is 3.17. The van der Waals surface area contributed by atoms with E-state index in [9.17, 15) is 4.70 Å². The van der Waals surface area contributed by atoms with E-state index in [0.29, 0.717) is 13.1 Å². The van der Waals surface area contributed by atoms with E-state index in [-0.39, 0.29) is 6.61 Å². The summed E-state index contributed by atoms with van der Waals surface area (Å²) in [6.07, 6.45) is 0. The molecule has 3 nitrogen and oxygen atoms in total. The van der Waals surface area contributed by atoms with Gasteiger partial charge in [0, 0.05) is 0 Å². The van der Waals surface area contributed by atoms with Crippen molar-refractivity contribution < 1.29 is 14.5 Å². The van der Waals surface area contributed by atoms with Crippen LogP contribution in [0.3, 0.4) is 0 Å². The van der Waals surface area contributed by atoms with E-state index in [1.807, 2.05) is 0 Å². The van der Waals surface area contributed by atoms with E-state index in [0.717, 1.165) is 5.56 Å². The first-order valence-corrected chi connectivity index (χ1v) is 3.17. The molecule has 1 rings (SSSR count). The van der Waals surface area contributed by atoms with Gasteiger partial charge in [0.1, 0.15) is 0 Å². The Hall–Kier alpha value is -1.16. The van der Waals surface area contributed by atoms with Gasteiger partial charge in [-0.05, 0) is 0 Å². The van der Waals surface area contributed by atoms with Gasteiger partial charge in [-0.1, -0.05) is 0 Å². The number of aliphatic hydroxyl groups is 1. The fourth-order valence-electron chi connectivity index (χ4n) is 0.729. The first kappa shape index (κ1) is 7.95. The van der Waals surface area contributed by atoms with Crippen molar-refractivity contribution in [1.29, 1.82) is 0 Å². The normalized spacial score (nSPS) is 8.82. The van der Waals surface area contributed by atoms with E-state index in [1.165, 1.54) is 0 Å². The molecule has 0 bridgehead atoms. The number of hydrogen-bond donors (Lipinski definition) is 1. The zero-order chi connectivity index (χ0) is 8.10. The summed E-state index contributed by atoms with van der Waals surface area (Å²) in [5.74, 6) is 0.484.